The third-order valence-corrected chi connectivity index (χ3v) is 6.29. The highest BCUT2D eigenvalue weighted by Crippen LogP contribution is 2.41. The lowest BCUT2D eigenvalue weighted by molar-refractivity contribution is -0.113. The van der Waals surface area contributed by atoms with Crippen LogP contribution in [-0.4, -0.2) is 32.4 Å². The van der Waals surface area contributed by atoms with Gasteiger partial charge in [-0.1, -0.05) is 24.3 Å². The van der Waals surface area contributed by atoms with Crippen molar-refractivity contribution in [2.24, 2.45) is 4.99 Å². The van der Waals surface area contributed by atoms with Gasteiger partial charge in [-0.15, -0.1) is 0 Å². The Morgan fingerprint density at radius 2 is 1.50 bits per heavy atom. The molecule has 6 nitrogen and oxygen atoms in total. The van der Waals surface area contributed by atoms with Gasteiger partial charge < -0.3 is 14.2 Å². The zero-order valence-electron chi connectivity index (χ0n) is 19.8. The van der Waals surface area contributed by atoms with E-state index < -0.39 is 0 Å². The number of hydrogen-bond donors (Lipinski definition) is 0. The summed E-state index contributed by atoms with van der Waals surface area (Å²) in [5.74, 6) is 1.53. The summed E-state index contributed by atoms with van der Waals surface area (Å²) >= 11 is 1.32. The minimum Gasteiger partial charge on any atom is -0.496 e. The van der Waals surface area contributed by atoms with Crippen molar-refractivity contribution in [1.29, 1.82) is 0 Å². The van der Waals surface area contributed by atoms with Crippen molar-refractivity contribution in [2.75, 3.05) is 26.2 Å². The number of nitrogens with zero attached hydrogens (tertiary/aromatic N) is 2. The number of carbonyl (C=O) groups excluding carboxylic acids is 1. The van der Waals surface area contributed by atoms with E-state index in [1.165, 1.54) is 11.8 Å². The van der Waals surface area contributed by atoms with Gasteiger partial charge in [0.2, 0.25) is 0 Å². The molecule has 1 amide bonds. The highest BCUT2D eigenvalue weighted by molar-refractivity contribution is 8.19. The molecule has 1 fully saturated rings. The van der Waals surface area contributed by atoms with E-state index in [1.807, 2.05) is 62.4 Å². The maximum atomic E-state index is 13.7. The first-order valence-electron chi connectivity index (χ1n) is 10.7. The number of thioether (sulfide) groups is 1. The normalized spacial score (nSPS) is 15.8. The quantitative estimate of drug-likeness (QED) is 0.402. The van der Waals surface area contributed by atoms with Crippen molar-refractivity contribution in [3.8, 4) is 17.2 Å². The topological polar surface area (TPSA) is 60.4 Å². The Kier molecular flexibility index (Phi) is 6.93. The molecule has 0 N–H and O–H groups in total. The lowest BCUT2D eigenvalue weighted by Gasteiger charge is -2.16. The molecule has 0 unspecified atom stereocenters. The summed E-state index contributed by atoms with van der Waals surface area (Å²) in [6.07, 6.45) is 1.78. The molecular weight excluding hydrogens is 448 g/mol. The fourth-order valence-electron chi connectivity index (χ4n) is 3.66. The van der Waals surface area contributed by atoms with E-state index in [4.69, 9.17) is 19.2 Å². The van der Waals surface area contributed by atoms with Crippen molar-refractivity contribution in [1.82, 2.24) is 0 Å². The molecule has 4 rings (SSSR count). The molecule has 0 radical (unpaired) electrons. The number of anilines is 1. The Hall–Kier alpha value is -3.71. The number of aryl methyl sites for hydroxylation is 2. The van der Waals surface area contributed by atoms with Crippen LogP contribution in [0.15, 0.2) is 70.6 Å². The van der Waals surface area contributed by atoms with E-state index in [0.29, 0.717) is 32.9 Å². The van der Waals surface area contributed by atoms with E-state index in [2.05, 4.69) is 0 Å². The summed E-state index contributed by atoms with van der Waals surface area (Å²) in [7, 11) is 4.73. The molecule has 0 bridgehead atoms. The second-order valence-electron chi connectivity index (χ2n) is 7.77. The van der Waals surface area contributed by atoms with Crippen molar-refractivity contribution in [2.45, 2.75) is 13.8 Å². The maximum Gasteiger partial charge on any atom is 0.271 e. The molecule has 3 aromatic rings. The summed E-state index contributed by atoms with van der Waals surface area (Å²) < 4.78 is 16.5. The van der Waals surface area contributed by atoms with E-state index in [9.17, 15) is 4.79 Å². The SMILES string of the molecule is COc1cc(OC)c(C=C2SC(=Nc3cccc(C)c3)N(c3cccc(C)c3)C2=O)c(OC)c1. The van der Waals surface area contributed by atoms with E-state index in [1.54, 1.807) is 44.4 Å². The van der Waals surface area contributed by atoms with Gasteiger partial charge in [0, 0.05) is 12.1 Å². The highest BCUT2D eigenvalue weighted by Gasteiger charge is 2.35. The van der Waals surface area contributed by atoms with Gasteiger partial charge in [-0.2, -0.15) is 0 Å². The van der Waals surface area contributed by atoms with E-state index in [-0.39, 0.29) is 5.91 Å². The van der Waals surface area contributed by atoms with Crippen LogP contribution in [0.2, 0.25) is 0 Å². The molecule has 0 atom stereocenters. The third-order valence-electron chi connectivity index (χ3n) is 5.32. The number of aliphatic imine (C=N–C) groups is 1. The van der Waals surface area contributed by atoms with Crippen molar-refractivity contribution >= 4 is 40.3 Å². The van der Waals surface area contributed by atoms with Crippen LogP contribution in [-0.2, 0) is 4.79 Å². The molecule has 3 aromatic carbocycles. The average Bonchev–Trinajstić information content (AvgIpc) is 3.13. The van der Waals surface area contributed by atoms with Crippen LogP contribution in [0.3, 0.4) is 0 Å². The van der Waals surface area contributed by atoms with Gasteiger partial charge >= 0.3 is 0 Å². The summed E-state index contributed by atoms with van der Waals surface area (Å²) in [5.41, 5.74) is 4.36. The predicted molar refractivity (Wildman–Crippen MR) is 139 cm³/mol. The van der Waals surface area contributed by atoms with Gasteiger partial charge in [0.15, 0.2) is 5.17 Å². The van der Waals surface area contributed by atoms with Crippen LogP contribution in [0.25, 0.3) is 6.08 Å². The fraction of sp³-hybridized carbons (Fsp3) is 0.185. The zero-order chi connectivity index (χ0) is 24.2. The second kappa shape index (κ2) is 10.1. The number of benzene rings is 3. The van der Waals surface area contributed by atoms with E-state index >= 15 is 0 Å². The Bertz CT molecular complexity index is 1270. The van der Waals surface area contributed by atoms with Crippen molar-refractivity contribution in [3.05, 3.63) is 82.3 Å². The van der Waals surface area contributed by atoms with Crippen LogP contribution in [0, 0.1) is 13.8 Å². The van der Waals surface area contributed by atoms with Crippen LogP contribution < -0.4 is 19.1 Å². The first-order valence-corrected chi connectivity index (χ1v) is 11.5. The monoisotopic (exact) mass is 474 g/mol. The summed E-state index contributed by atoms with van der Waals surface area (Å²) in [5, 5.41) is 0.582. The van der Waals surface area contributed by atoms with Gasteiger partial charge in [-0.25, -0.2) is 4.99 Å². The predicted octanol–water partition coefficient (Wildman–Crippen LogP) is 6.14. The van der Waals surface area contributed by atoms with E-state index in [0.717, 1.165) is 22.5 Å². The molecule has 0 saturated carbocycles. The first kappa shape index (κ1) is 23.4. The van der Waals surface area contributed by atoms with Gasteiger partial charge in [0.1, 0.15) is 17.2 Å². The van der Waals surface area contributed by atoms with Crippen LogP contribution in [0.5, 0.6) is 17.2 Å². The van der Waals surface area contributed by atoms with Gasteiger partial charge in [0.05, 0.1) is 43.2 Å². The number of amides is 1. The molecule has 34 heavy (non-hydrogen) atoms. The number of hydrogen-bond acceptors (Lipinski definition) is 6. The number of carbonyl (C=O) groups is 1. The fourth-order valence-corrected chi connectivity index (χ4v) is 4.64. The van der Waals surface area contributed by atoms with Crippen LogP contribution in [0.4, 0.5) is 11.4 Å². The minimum absolute atomic E-state index is 0.165. The van der Waals surface area contributed by atoms with Crippen LogP contribution >= 0.6 is 11.8 Å². The molecule has 174 valence electrons. The summed E-state index contributed by atoms with van der Waals surface area (Å²) in [4.78, 5) is 20.6. The van der Waals surface area contributed by atoms with Crippen molar-refractivity contribution < 1.29 is 19.0 Å². The summed E-state index contributed by atoms with van der Waals surface area (Å²) in [6.45, 7) is 4.01. The second-order valence-corrected chi connectivity index (χ2v) is 8.78. The molecule has 0 aliphatic carbocycles. The largest absolute Gasteiger partial charge is 0.496 e. The molecular formula is C27H26N2O4S. The Morgan fingerprint density at radius 1 is 0.853 bits per heavy atom. The van der Waals surface area contributed by atoms with Gasteiger partial charge in [-0.3, -0.25) is 9.69 Å². The standard InChI is InChI=1S/C27H26N2O4S/c1-17-8-6-10-19(12-17)28-27-29(20-11-7-9-18(2)13-20)26(30)25(34-27)16-22-23(32-4)14-21(31-3)15-24(22)33-5/h6-16H,1-5H3. The Balaban J connectivity index is 1.85. The first-order chi connectivity index (χ1) is 16.4. The summed E-state index contributed by atoms with van der Waals surface area (Å²) in [6, 6.07) is 19.2. The Labute approximate surface area is 203 Å². The zero-order valence-corrected chi connectivity index (χ0v) is 20.6. The molecule has 7 heteroatoms. The maximum absolute atomic E-state index is 13.7. The number of amidine groups is 1. The molecule has 0 spiro atoms. The lowest BCUT2D eigenvalue weighted by Crippen LogP contribution is -2.28. The molecule has 1 aliphatic heterocycles. The van der Waals surface area contributed by atoms with Gasteiger partial charge in [0.25, 0.3) is 5.91 Å². The number of methoxy groups -OCH3 is 3. The molecule has 0 aromatic heterocycles. The smallest absolute Gasteiger partial charge is 0.271 e. The lowest BCUT2D eigenvalue weighted by atomic mass is 10.1. The van der Waals surface area contributed by atoms with Gasteiger partial charge in [-0.05, 0) is 67.1 Å². The molecule has 1 heterocycles. The average molecular weight is 475 g/mol. The molecule has 1 saturated heterocycles. The van der Waals surface area contributed by atoms with Crippen molar-refractivity contribution in [3.63, 3.8) is 0 Å². The van der Waals surface area contributed by atoms with Crippen LogP contribution in [0.1, 0.15) is 16.7 Å². The minimum atomic E-state index is -0.165. The molecule has 1 aliphatic rings. The highest BCUT2D eigenvalue weighted by atomic mass is 32.2. The number of ether oxygens (including phenoxy) is 3. The Morgan fingerprint density at radius 3 is 2.09 bits per heavy atom. The third kappa shape index (κ3) is 4.79. The number of rotatable bonds is 6.